The molecule has 4 nitrogen and oxygen atoms in total. The number of carbonyl (C=O) groups is 1. The van der Waals surface area contributed by atoms with Crippen LogP contribution in [0.1, 0.15) is 27.7 Å². The number of thioether (sulfide) groups is 1. The van der Waals surface area contributed by atoms with E-state index in [0.29, 0.717) is 6.54 Å². The first-order chi connectivity index (χ1) is 10.3. The van der Waals surface area contributed by atoms with E-state index in [1.54, 1.807) is 11.8 Å². The maximum Gasteiger partial charge on any atom is 0.407 e. The van der Waals surface area contributed by atoms with Gasteiger partial charge in [-0.3, -0.25) is 0 Å². The molecule has 0 aliphatic carbocycles. The van der Waals surface area contributed by atoms with Crippen LogP contribution in [-0.4, -0.2) is 30.0 Å². The van der Waals surface area contributed by atoms with Gasteiger partial charge in [-0.15, -0.1) is 18.3 Å². The lowest BCUT2D eigenvalue weighted by Gasteiger charge is -2.22. The van der Waals surface area contributed by atoms with Gasteiger partial charge in [0.25, 0.3) is 0 Å². The van der Waals surface area contributed by atoms with Gasteiger partial charge in [0.1, 0.15) is 5.60 Å². The number of carbonyl (C=O) groups excluding carboxylic acids is 1. The van der Waals surface area contributed by atoms with Crippen LogP contribution in [0.4, 0.5) is 10.5 Å². The summed E-state index contributed by atoms with van der Waals surface area (Å²) >= 11 is 1.73. The molecule has 0 spiro atoms. The van der Waals surface area contributed by atoms with Crippen molar-refractivity contribution in [3.05, 3.63) is 36.9 Å². The number of hydrogen-bond donors (Lipinski definition) is 2. The molecule has 0 aromatic heterocycles. The fraction of sp³-hybridized carbons (Fsp3) is 0.471. The highest BCUT2D eigenvalue weighted by Gasteiger charge is 2.16. The van der Waals surface area contributed by atoms with Crippen molar-refractivity contribution in [2.45, 2.75) is 44.2 Å². The number of alkyl carbamates (subject to hydrolysis) is 1. The van der Waals surface area contributed by atoms with Gasteiger partial charge >= 0.3 is 6.09 Å². The van der Waals surface area contributed by atoms with E-state index < -0.39 is 11.7 Å². The van der Waals surface area contributed by atoms with Gasteiger partial charge in [-0.1, -0.05) is 18.2 Å². The van der Waals surface area contributed by atoms with Gasteiger partial charge in [-0.2, -0.15) is 0 Å². The van der Waals surface area contributed by atoms with Gasteiger partial charge in [0.15, 0.2) is 0 Å². The molecular weight excluding hydrogens is 296 g/mol. The van der Waals surface area contributed by atoms with E-state index in [-0.39, 0.29) is 6.04 Å². The van der Waals surface area contributed by atoms with Crippen molar-refractivity contribution in [3.8, 4) is 0 Å². The highest BCUT2D eigenvalue weighted by molar-refractivity contribution is 7.99. The summed E-state index contributed by atoms with van der Waals surface area (Å²) in [4.78, 5) is 12.8. The number of benzene rings is 1. The third-order valence-corrected chi connectivity index (χ3v) is 3.67. The summed E-state index contributed by atoms with van der Waals surface area (Å²) in [5.41, 5.74) is 0.585. The van der Waals surface area contributed by atoms with Gasteiger partial charge in [-0.25, -0.2) is 4.79 Å². The summed E-state index contributed by atoms with van der Waals surface area (Å²) in [6, 6.07) is 8.21. The summed E-state index contributed by atoms with van der Waals surface area (Å²) in [5.74, 6) is 0.864. The van der Waals surface area contributed by atoms with Gasteiger partial charge in [0, 0.05) is 28.9 Å². The maximum absolute atomic E-state index is 11.6. The Morgan fingerprint density at radius 3 is 2.73 bits per heavy atom. The van der Waals surface area contributed by atoms with Gasteiger partial charge in [0.2, 0.25) is 0 Å². The summed E-state index contributed by atoms with van der Waals surface area (Å²) in [6.45, 7) is 11.8. The van der Waals surface area contributed by atoms with Crippen LogP contribution in [0, 0.1) is 0 Å². The molecule has 0 heterocycles. The minimum atomic E-state index is -0.478. The molecule has 1 rings (SSSR count). The average molecular weight is 322 g/mol. The van der Waals surface area contributed by atoms with E-state index in [1.165, 1.54) is 4.90 Å². The van der Waals surface area contributed by atoms with Crippen LogP contribution in [0.2, 0.25) is 0 Å². The fourth-order valence-electron chi connectivity index (χ4n) is 1.73. The van der Waals surface area contributed by atoms with E-state index in [2.05, 4.69) is 23.3 Å². The smallest absolute Gasteiger partial charge is 0.407 e. The van der Waals surface area contributed by atoms with E-state index in [1.807, 2.05) is 52.0 Å². The second-order valence-electron chi connectivity index (χ2n) is 6.02. The number of amides is 1. The Labute approximate surface area is 137 Å². The Morgan fingerprint density at radius 1 is 1.41 bits per heavy atom. The lowest BCUT2D eigenvalue weighted by Crippen LogP contribution is -2.38. The Bertz CT molecular complexity index is 498. The zero-order valence-corrected chi connectivity index (χ0v) is 14.6. The highest BCUT2D eigenvalue weighted by Crippen LogP contribution is 2.27. The Morgan fingerprint density at radius 2 is 2.09 bits per heavy atom. The van der Waals surface area contributed by atoms with Crippen LogP contribution in [0.5, 0.6) is 0 Å². The fourth-order valence-corrected chi connectivity index (χ4v) is 2.48. The van der Waals surface area contributed by atoms with Crippen molar-refractivity contribution in [2.75, 3.05) is 17.6 Å². The Balaban J connectivity index is 2.49. The van der Waals surface area contributed by atoms with Crippen molar-refractivity contribution in [1.82, 2.24) is 5.32 Å². The average Bonchev–Trinajstić information content (AvgIpc) is 2.42. The summed E-state index contributed by atoms with van der Waals surface area (Å²) in [7, 11) is 0. The van der Waals surface area contributed by atoms with Crippen LogP contribution < -0.4 is 10.6 Å². The molecule has 22 heavy (non-hydrogen) atoms. The number of anilines is 1. The highest BCUT2D eigenvalue weighted by atomic mass is 32.2. The van der Waals surface area contributed by atoms with Gasteiger partial charge in [-0.05, 0) is 39.8 Å². The molecule has 0 aliphatic rings. The second kappa shape index (κ2) is 8.73. The minimum Gasteiger partial charge on any atom is -0.444 e. The topological polar surface area (TPSA) is 50.4 Å². The zero-order chi connectivity index (χ0) is 16.6. The van der Waals surface area contributed by atoms with Crippen molar-refractivity contribution >= 4 is 23.5 Å². The van der Waals surface area contributed by atoms with Crippen LogP contribution in [0.3, 0.4) is 0 Å². The van der Waals surface area contributed by atoms with Crippen molar-refractivity contribution in [3.63, 3.8) is 0 Å². The first kappa shape index (κ1) is 18.4. The van der Waals surface area contributed by atoms with Crippen molar-refractivity contribution < 1.29 is 9.53 Å². The van der Waals surface area contributed by atoms with Crippen LogP contribution in [0.25, 0.3) is 0 Å². The molecule has 1 aromatic rings. The summed E-state index contributed by atoms with van der Waals surface area (Å²) in [6.07, 6.45) is 1.49. The standard InChI is InChI=1S/C17H26N2O2S/c1-6-11-22-15-10-8-7-9-14(15)19-13(2)12-18-16(20)21-17(3,4)5/h6-10,13,19H,1,11-12H2,2-5H3,(H,18,20). The third-order valence-electron chi connectivity index (χ3n) is 2.60. The zero-order valence-electron chi connectivity index (χ0n) is 13.8. The molecule has 1 unspecified atom stereocenters. The molecule has 0 radical (unpaired) electrons. The third kappa shape index (κ3) is 7.41. The second-order valence-corrected chi connectivity index (χ2v) is 7.09. The van der Waals surface area contributed by atoms with E-state index in [9.17, 15) is 4.79 Å². The molecule has 0 fully saturated rings. The molecule has 1 atom stereocenters. The molecule has 5 heteroatoms. The number of rotatable bonds is 7. The molecular formula is C17H26N2O2S. The monoisotopic (exact) mass is 322 g/mol. The Kier molecular flexibility index (Phi) is 7.32. The SMILES string of the molecule is C=CCSc1ccccc1NC(C)CNC(=O)OC(C)(C)C. The minimum absolute atomic E-state index is 0.0954. The predicted molar refractivity (Wildman–Crippen MR) is 94.7 cm³/mol. The summed E-state index contributed by atoms with van der Waals surface area (Å²) in [5, 5.41) is 6.19. The Hall–Kier alpha value is -1.62. The molecule has 2 N–H and O–H groups in total. The number of para-hydroxylation sites is 1. The van der Waals surface area contributed by atoms with Crippen molar-refractivity contribution in [2.24, 2.45) is 0 Å². The largest absolute Gasteiger partial charge is 0.444 e. The molecule has 0 bridgehead atoms. The molecule has 1 amide bonds. The number of hydrogen-bond acceptors (Lipinski definition) is 4. The summed E-state index contributed by atoms with van der Waals surface area (Å²) < 4.78 is 5.22. The molecule has 0 saturated heterocycles. The predicted octanol–water partition coefficient (Wildman–Crippen LogP) is 4.29. The van der Waals surface area contributed by atoms with E-state index in [4.69, 9.17) is 4.74 Å². The van der Waals surface area contributed by atoms with Gasteiger partial charge < -0.3 is 15.4 Å². The molecule has 0 aliphatic heterocycles. The lowest BCUT2D eigenvalue weighted by atomic mass is 10.2. The first-order valence-electron chi connectivity index (χ1n) is 7.38. The number of ether oxygens (including phenoxy) is 1. The van der Waals surface area contributed by atoms with Crippen LogP contribution >= 0.6 is 11.8 Å². The first-order valence-corrected chi connectivity index (χ1v) is 8.36. The normalized spacial score (nSPS) is 12.4. The lowest BCUT2D eigenvalue weighted by molar-refractivity contribution is 0.0526. The van der Waals surface area contributed by atoms with Crippen LogP contribution in [-0.2, 0) is 4.74 Å². The van der Waals surface area contributed by atoms with Crippen LogP contribution in [0.15, 0.2) is 41.8 Å². The quantitative estimate of drug-likeness (QED) is 0.581. The van der Waals surface area contributed by atoms with Crippen molar-refractivity contribution in [1.29, 1.82) is 0 Å². The van der Waals surface area contributed by atoms with E-state index in [0.717, 1.165) is 11.4 Å². The number of nitrogens with one attached hydrogen (secondary N) is 2. The van der Waals surface area contributed by atoms with Gasteiger partial charge in [0.05, 0.1) is 0 Å². The maximum atomic E-state index is 11.6. The molecule has 122 valence electrons. The van der Waals surface area contributed by atoms with E-state index >= 15 is 0 Å². The molecule has 0 saturated carbocycles. The molecule has 1 aromatic carbocycles.